The van der Waals surface area contributed by atoms with Crippen molar-refractivity contribution >= 4 is 5.91 Å². The van der Waals surface area contributed by atoms with E-state index in [0.29, 0.717) is 32.1 Å². The van der Waals surface area contributed by atoms with Crippen LogP contribution in [0.1, 0.15) is 6.42 Å². The van der Waals surface area contributed by atoms with Crippen LogP contribution in [0.15, 0.2) is 30.3 Å². The second-order valence-corrected chi connectivity index (χ2v) is 3.91. The molecule has 0 bridgehead atoms. The fourth-order valence-corrected chi connectivity index (χ4v) is 1.36. The van der Waals surface area contributed by atoms with Gasteiger partial charge < -0.3 is 19.5 Å². The maximum atomic E-state index is 11.5. The van der Waals surface area contributed by atoms with Crippen LogP contribution in [0.3, 0.4) is 0 Å². The van der Waals surface area contributed by atoms with Crippen molar-refractivity contribution in [2.24, 2.45) is 0 Å². The number of carbonyl (C=O) groups excluding carboxylic acids is 1. The van der Waals surface area contributed by atoms with Crippen molar-refractivity contribution in [3.05, 3.63) is 30.3 Å². The van der Waals surface area contributed by atoms with Gasteiger partial charge in [0.15, 0.2) is 6.61 Å². The van der Waals surface area contributed by atoms with Crippen LogP contribution >= 0.6 is 0 Å². The molecule has 1 aromatic carbocycles. The lowest BCUT2D eigenvalue weighted by Crippen LogP contribution is -2.30. The average Bonchev–Trinajstić information content (AvgIpc) is 2.45. The van der Waals surface area contributed by atoms with Gasteiger partial charge in [-0.3, -0.25) is 4.79 Å². The van der Waals surface area contributed by atoms with E-state index in [1.165, 1.54) is 0 Å². The first-order valence-corrected chi connectivity index (χ1v) is 6.34. The summed E-state index contributed by atoms with van der Waals surface area (Å²) in [7, 11) is 1.64. The molecule has 1 aromatic rings. The largest absolute Gasteiger partial charge is 0.484 e. The molecule has 0 aliphatic heterocycles. The van der Waals surface area contributed by atoms with E-state index >= 15 is 0 Å². The molecule has 0 heterocycles. The molecule has 19 heavy (non-hydrogen) atoms. The topological polar surface area (TPSA) is 56.8 Å². The number of carbonyl (C=O) groups is 1. The normalized spacial score (nSPS) is 10.2. The highest BCUT2D eigenvalue weighted by Gasteiger charge is 2.01. The Labute approximate surface area is 113 Å². The molecule has 1 rings (SSSR count). The van der Waals surface area contributed by atoms with Gasteiger partial charge >= 0.3 is 0 Å². The van der Waals surface area contributed by atoms with E-state index in [9.17, 15) is 4.79 Å². The van der Waals surface area contributed by atoms with Crippen molar-refractivity contribution in [3.63, 3.8) is 0 Å². The molecule has 5 nitrogen and oxygen atoms in total. The Kier molecular flexibility index (Phi) is 8.42. The smallest absolute Gasteiger partial charge is 0.257 e. The van der Waals surface area contributed by atoms with Gasteiger partial charge in [0.25, 0.3) is 5.91 Å². The van der Waals surface area contributed by atoms with Gasteiger partial charge in [-0.1, -0.05) is 18.2 Å². The molecule has 0 saturated heterocycles. The van der Waals surface area contributed by atoms with Gasteiger partial charge in [0, 0.05) is 20.3 Å². The van der Waals surface area contributed by atoms with E-state index in [1.54, 1.807) is 7.11 Å². The van der Waals surface area contributed by atoms with E-state index in [-0.39, 0.29) is 12.5 Å². The number of rotatable bonds is 10. The fourth-order valence-electron chi connectivity index (χ4n) is 1.36. The predicted octanol–water partition coefficient (Wildman–Crippen LogP) is 1.23. The zero-order valence-electron chi connectivity index (χ0n) is 11.3. The molecule has 0 fully saturated rings. The van der Waals surface area contributed by atoms with E-state index in [1.807, 2.05) is 30.3 Å². The Hall–Kier alpha value is -1.59. The van der Waals surface area contributed by atoms with Crippen molar-refractivity contribution in [3.8, 4) is 5.75 Å². The maximum absolute atomic E-state index is 11.5. The monoisotopic (exact) mass is 267 g/mol. The second-order valence-electron chi connectivity index (χ2n) is 3.91. The third-order valence-corrected chi connectivity index (χ3v) is 2.33. The summed E-state index contributed by atoms with van der Waals surface area (Å²) in [5.74, 6) is 0.571. The van der Waals surface area contributed by atoms with Crippen molar-refractivity contribution in [1.82, 2.24) is 5.32 Å². The molecule has 106 valence electrons. The third-order valence-electron chi connectivity index (χ3n) is 2.33. The first-order chi connectivity index (χ1) is 9.33. The van der Waals surface area contributed by atoms with E-state index in [4.69, 9.17) is 14.2 Å². The van der Waals surface area contributed by atoms with Crippen molar-refractivity contribution in [2.45, 2.75) is 6.42 Å². The van der Waals surface area contributed by atoms with Crippen molar-refractivity contribution in [1.29, 1.82) is 0 Å². The van der Waals surface area contributed by atoms with Gasteiger partial charge in [0.1, 0.15) is 5.75 Å². The Morgan fingerprint density at radius 3 is 2.68 bits per heavy atom. The summed E-state index contributed by atoms with van der Waals surface area (Å²) in [5, 5.41) is 2.77. The molecule has 0 atom stereocenters. The Balaban J connectivity index is 1.96. The number of hydrogen-bond acceptors (Lipinski definition) is 4. The summed E-state index contributed by atoms with van der Waals surface area (Å²) in [5.41, 5.74) is 0. The minimum Gasteiger partial charge on any atom is -0.484 e. The summed E-state index contributed by atoms with van der Waals surface area (Å²) in [4.78, 5) is 11.5. The lowest BCUT2D eigenvalue weighted by atomic mass is 10.3. The van der Waals surface area contributed by atoms with Gasteiger partial charge in [-0.25, -0.2) is 0 Å². The number of hydrogen-bond donors (Lipinski definition) is 1. The molecule has 1 N–H and O–H groups in total. The molecule has 0 aliphatic carbocycles. The number of ether oxygens (including phenoxy) is 3. The van der Waals surface area contributed by atoms with Crippen LogP contribution in [-0.2, 0) is 14.3 Å². The number of para-hydroxylation sites is 1. The number of methoxy groups -OCH3 is 1. The van der Waals surface area contributed by atoms with Crippen molar-refractivity contribution < 1.29 is 19.0 Å². The quantitative estimate of drug-likeness (QED) is 0.648. The number of amides is 1. The summed E-state index contributed by atoms with van der Waals surface area (Å²) < 4.78 is 15.4. The van der Waals surface area contributed by atoms with Gasteiger partial charge in [-0.15, -0.1) is 0 Å². The minimum atomic E-state index is -0.124. The highest BCUT2D eigenvalue weighted by atomic mass is 16.5. The Morgan fingerprint density at radius 2 is 1.95 bits per heavy atom. The molecular weight excluding hydrogens is 246 g/mol. The number of benzene rings is 1. The summed E-state index contributed by atoms with van der Waals surface area (Å²) >= 11 is 0. The molecule has 0 aliphatic rings. The van der Waals surface area contributed by atoms with Gasteiger partial charge in [-0.05, 0) is 18.6 Å². The Bertz CT molecular complexity index is 343. The molecule has 0 unspecified atom stereocenters. The highest BCUT2D eigenvalue weighted by Crippen LogP contribution is 2.07. The molecule has 0 aromatic heterocycles. The van der Waals surface area contributed by atoms with Crippen molar-refractivity contribution in [2.75, 3.05) is 40.1 Å². The maximum Gasteiger partial charge on any atom is 0.257 e. The van der Waals surface area contributed by atoms with Crippen LogP contribution in [-0.4, -0.2) is 46.0 Å². The standard InChI is InChI=1S/C14H21NO4/c1-17-10-11-18-9-5-8-15-14(16)12-19-13-6-3-2-4-7-13/h2-4,6-7H,5,8-12H2,1H3,(H,15,16). The van der Waals surface area contributed by atoms with Crippen LogP contribution in [0.2, 0.25) is 0 Å². The van der Waals surface area contributed by atoms with E-state index < -0.39 is 0 Å². The van der Waals surface area contributed by atoms with Crippen LogP contribution in [0.4, 0.5) is 0 Å². The SMILES string of the molecule is COCCOCCCNC(=O)COc1ccccc1. The minimum absolute atomic E-state index is 0.0363. The van der Waals surface area contributed by atoms with Gasteiger partial charge in [0.05, 0.1) is 13.2 Å². The van der Waals surface area contributed by atoms with Crippen LogP contribution < -0.4 is 10.1 Å². The highest BCUT2D eigenvalue weighted by molar-refractivity contribution is 5.77. The van der Waals surface area contributed by atoms with Crippen LogP contribution in [0.25, 0.3) is 0 Å². The molecule has 0 radical (unpaired) electrons. The molecular formula is C14H21NO4. The zero-order chi connectivity index (χ0) is 13.8. The molecule has 0 saturated carbocycles. The van der Waals surface area contributed by atoms with Crippen LogP contribution in [0.5, 0.6) is 5.75 Å². The van der Waals surface area contributed by atoms with Crippen LogP contribution in [0, 0.1) is 0 Å². The first-order valence-electron chi connectivity index (χ1n) is 6.34. The summed E-state index contributed by atoms with van der Waals surface area (Å²) in [6.45, 7) is 2.42. The fraction of sp³-hybridized carbons (Fsp3) is 0.500. The third kappa shape index (κ3) is 8.18. The average molecular weight is 267 g/mol. The van der Waals surface area contributed by atoms with Gasteiger partial charge in [0.2, 0.25) is 0 Å². The van der Waals surface area contributed by atoms with Gasteiger partial charge in [-0.2, -0.15) is 0 Å². The second kappa shape index (κ2) is 10.3. The molecule has 1 amide bonds. The molecule has 5 heteroatoms. The number of nitrogens with one attached hydrogen (secondary N) is 1. The zero-order valence-corrected chi connectivity index (χ0v) is 11.3. The predicted molar refractivity (Wildman–Crippen MR) is 72.3 cm³/mol. The summed E-state index contributed by atoms with van der Waals surface area (Å²) in [6, 6.07) is 9.26. The lowest BCUT2D eigenvalue weighted by Gasteiger charge is -2.07. The lowest BCUT2D eigenvalue weighted by molar-refractivity contribution is -0.123. The molecule has 0 spiro atoms. The van der Waals surface area contributed by atoms with E-state index in [0.717, 1.165) is 6.42 Å². The Morgan fingerprint density at radius 1 is 1.16 bits per heavy atom. The first kappa shape index (κ1) is 15.5. The van der Waals surface area contributed by atoms with E-state index in [2.05, 4.69) is 5.32 Å². The summed E-state index contributed by atoms with van der Waals surface area (Å²) in [6.07, 6.45) is 0.779.